The van der Waals surface area contributed by atoms with Crippen molar-refractivity contribution < 1.29 is 24.1 Å². The van der Waals surface area contributed by atoms with Crippen LogP contribution in [0.4, 0.5) is 11.6 Å². The van der Waals surface area contributed by atoms with Crippen molar-refractivity contribution in [3.63, 3.8) is 0 Å². The highest BCUT2D eigenvalue weighted by Crippen LogP contribution is 2.49. The van der Waals surface area contributed by atoms with Gasteiger partial charge in [-0.15, -0.1) is 0 Å². The number of carboxylic acids is 1. The fraction of sp³-hybridized carbons (Fsp3) is 0.387. The Hall–Kier alpha value is -3.66. The van der Waals surface area contributed by atoms with Crippen LogP contribution in [0.5, 0.6) is 5.75 Å². The van der Waals surface area contributed by atoms with Gasteiger partial charge in [0.2, 0.25) is 5.95 Å². The lowest BCUT2D eigenvalue weighted by atomic mass is 9.87. The van der Waals surface area contributed by atoms with Gasteiger partial charge in [0, 0.05) is 41.9 Å². The first-order chi connectivity index (χ1) is 19.5. The van der Waals surface area contributed by atoms with Crippen molar-refractivity contribution in [3.05, 3.63) is 64.6 Å². The SMILES string of the molecule is COCCOc1cnc(N2CCn3c(C)cc4c(-c5ccc(Cl)cc5)c([C@H](OC(C)(C)C)C(=O)O)c(C)c2c43)nc1. The first-order valence-electron chi connectivity index (χ1n) is 13.5. The lowest BCUT2D eigenvalue weighted by molar-refractivity contribution is -0.160. The zero-order valence-corrected chi connectivity index (χ0v) is 25.0. The molecule has 1 aliphatic rings. The van der Waals surface area contributed by atoms with E-state index in [0.717, 1.165) is 45.5 Å². The molecule has 0 bridgehead atoms. The van der Waals surface area contributed by atoms with Crippen LogP contribution in [0.1, 0.15) is 43.7 Å². The van der Waals surface area contributed by atoms with Crippen molar-refractivity contribution in [2.24, 2.45) is 0 Å². The maximum Gasteiger partial charge on any atom is 0.337 e. The third kappa shape index (κ3) is 5.62. The molecule has 1 atom stereocenters. The molecular weight excluding hydrogens is 544 g/mol. The van der Waals surface area contributed by atoms with Crippen molar-refractivity contribution in [2.75, 3.05) is 31.8 Å². The monoisotopic (exact) mass is 578 g/mol. The van der Waals surface area contributed by atoms with E-state index in [1.807, 2.05) is 52.0 Å². The summed E-state index contributed by atoms with van der Waals surface area (Å²) in [6, 6.07) is 9.62. The number of aryl methyl sites for hydroxylation is 1. The van der Waals surface area contributed by atoms with E-state index >= 15 is 0 Å². The van der Waals surface area contributed by atoms with Gasteiger partial charge in [-0.25, -0.2) is 14.8 Å². The Morgan fingerprint density at radius 1 is 1.10 bits per heavy atom. The minimum Gasteiger partial charge on any atom is -0.488 e. The van der Waals surface area contributed by atoms with Crippen LogP contribution in [-0.2, 0) is 20.8 Å². The van der Waals surface area contributed by atoms with Gasteiger partial charge in [-0.3, -0.25) is 0 Å². The summed E-state index contributed by atoms with van der Waals surface area (Å²) in [5.74, 6) is -0.00305. The van der Waals surface area contributed by atoms with Crippen LogP contribution in [0.25, 0.3) is 22.0 Å². The van der Waals surface area contributed by atoms with Gasteiger partial charge in [0.15, 0.2) is 11.9 Å². The van der Waals surface area contributed by atoms with Crippen molar-refractivity contribution in [3.8, 4) is 16.9 Å². The quantitative estimate of drug-likeness (QED) is 0.225. The van der Waals surface area contributed by atoms with Crippen molar-refractivity contribution in [1.82, 2.24) is 14.5 Å². The number of rotatable bonds is 9. The molecule has 4 aromatic rings. The molecule has 2 aromatic carbocycles. The molecule has 216 valence electrons. The van der Waals surface area contributed by atoms with Crippen LogP contribution < -0.4 is 9.64 Å². The molecule has 0 fully saturated rings. The van der Waals surface area contributed by atoms with Crippen LogP contribution in [0.3, 0.4) is 0 Å². The molecule has 0 unspecified atom stereocenters. The molecular formula is C31H35ClN4O5. The number of methoxy groups -OCH3 is 1. The Balaban J connectivity index is 1.77. The predicted octanol–water partition coefficient (Wildman–Crippen LogP) is 6.49. The first-order valence-corrected chi connectivity index (χ1v) is 13.9. The number of aliphatic carboxylic acids is 1. The van der Waals surface area contributed by atoms with E-state index < -0.39 is 17.7 Å². The first kappa shape index (κ1) is 28.9. The Morgan fingerprint density at radius 2 is 1.78 bits per heavy atom. The molecule has 0 saturated heterocycles. The highest BCUT2D eigenvalue weighted by Gasteiger charge is 2.36. The van der Waals surface area contributed by atoms with E-state index in [2.05, 4.69) is 32.4 Å². The second-order valence-corrected chi connectivity index (χ2v) is 11.6. The number of aromatic nitrogens is 3. The standard InChI is InChI=1S/C31H35ClN4O5/c1-18-15-23-25(20-7-9-21(32)10-8-20)24(28(29(37)38)41-31(3,4)5)19(2)26-27(23)35(18)11-12-36(26)30-33-16-22(17-34-30)40-14-13-39-6/h7-10,15-17,28H,11-14H2,1-6H3,(H,37,38)/t28-/m0/s1. The number of hydrogen-bond donors (Lipinski definition) is 1. The molecule has 1 aliphatic heterocycles. The van der Waals surface area contributed by atoms with Crippen LogP contribution in [-0.4, -0.2) is 58.1 Å². The second-order valence-electron chi connectivity index (χ2n) is 11.1. The summed E-state index contributed by atoms with van der Waals surface area (Å²) in [7, 11) is 1.62. The predicted molar refractivity (Wildman–Crippen MR) is 159 cm³/mol. The molecule has 3 heterocycles. The Morgan fingerprint density at radius 3 is 2.39 bits per heavy atom. The van der Waals surface area contributed by atoms with E-state index in [0.29, 0.717) is 42.0 Å². The number of nitrogens with zero attached hydrogens (tertiary/aromatic N) is 4. The average Bonchev–Trinajstić information content (AvgIpc) is 3.26. The molecule has 0 amide bonds. The summed E-state index contributed by atoms with van der Waals surface area (Å²) in [6.07, 6.45) is 2.08. The van der Waals surface area contributed by atoms with Gasteiger partial charge >= 0.3 is 5.97 Å². The average molecular weight is 579 g/mol. The number of carbonyl (C=O) groups is 1. The van der Waals surface area contributed by atoms with Gasteiger partial charge < -0.3 is 28.8 Å². The summed E-state index contributed by atoms with van der Waals surface area (Å²) in [4.78, 5) is 24.2. The molecule has 0 aliphatic carbocycles. The molecule has 0 saturated carbocycles. The topological polar surface area (TPSA) is 98.9 Å². The fourth-order valence-corrected chi connectivity index (χ4v) is 5.62. The highest BCUT2D eigenvalue weighted by molar-refractivity contribution is 6.30. The largest absolute Gasteiger partial charge is 0.488 e. The normalized spacial score (nSPS) is 14.0. The molecule has 9 nitrogen and oxygen atoms in total. The summed E-state index contributed by atoms with van der Waals surface area (Å²) >= 11 is 6.25. The molecule has 0 radical (unpaired) electrons. The van der Waals surface area contributed by atoms with Crippen LogP contribution >= 0.6 is 11.6 Å². The summed E-state index contributed by atoms with van der Waals surface area (Å²) in [5.41, 5.74) is 5.32. The smallest absolute Gasteiger partial charge is 0.337 e. The summed E-state index contributed by atoms with van der Waals surface area (Å²) in [6.45, 7) is 11.8. The maximum absolute atomic E-state index is 12.9. The number of carboxylic acid groups (broad SMARTS) is 1. The van der Waals surface area contributed by atoms with Gasteiger partial charge in [0.1, 0.15) is 6.61 Å². The highest BCUT2D eigenvalue weighted by atomic mass is 35.5. The van der Waals surface area contributed by atoms with Crippen LogP contribution in [0, 0.1) is 13.8 Å². The lowest BCUT2D eigenvalue weighted by Gasteiger charge is -2.35. The number of benzene rings is 2. The van der Waals surface area contributed by atoms with Gasteiger partial charge in [-0.2, -0.15) is 0 Å². The Bertz CT molecular complexity index is 1580. The Kier molecular flexibility index (Phi) is 7.96. The number of ether oxygens (including phenoxy) is 3. The maximum atomic E-state index is 12.9. The third-order valence-electron chi connectivity index (χ3n) is 7.15. The molecule has 41 heavy (non-hydrogen) atoms. The molecule has 1 N–H and O–H groups in total. The van der Waals surface area contributed by atoms with E-state index in [-0.39, 0.29) is 0 Å². The van der Waals surface area contributed by atoms with E-state index in [4.69, 9.17) is 25.8 Å². The van der Waals surface area contributed by atoms with Gasteiger partial charge in [0.05, 0.1) is 35.8 Å². The zero-order valence-electron chi connectivity index (χ0n) is 24.2. The summed E-state index contributed by atoms with van der Waals surface area (Å²) in [5, 5.41) is 12.1. The van der Waals surface area contributed by atoms with Crippen LogP contribution in [0.2, 0.25) is 5.02 Å². The molecule has 5 rings (SSSR count). The van der Waals surface area contributed by atoms with Crippen molar-refractivity contribution in [2.45, 2.75) is 52.9 Å². The second kappa shape index (κ2) is 11.3. The number of anilines is 2. The Labute approximate surface area is 244 Å². The van der Waals surface area contributed by atoms with Crippen LogP contribution in [0.15, 0.2) is 42.7 Å². The fourth-order valence-electron chi connectivity index (χ4n) is 5.50. The van der Waals surface area contributed by atoms with E-state index in [1.54, 1.807) is 19.5 Å². The molecule has 2 aromatic heterocycles. The van der Waals surface area contributed by atoms with Crippen molar-refractivity contribution >= 4 is 40.1 Å². The third-order valence-corrected chi connectivity index (χ3v) is 7.40. The number of hydrogen-bond acceptors (Lipinski definition) is 7. The van der Waals surface area contributed by atoms with E-state index in [1.165, 1.54) is 0 Å². The van der Waals surface area contributed by atoms with Crippen molar-refractivity contribution in [1.29, 1.82) is 0 Å². The van der Waals surface area contributed by atoms with Gasteiger partial charge in [0.25, 0.3) is 0 Å². The van der Waals surface area contributed by atoms with Gasteiger partial charge in [-0.1, -0.05) is 23.7 Å². The zero-order chi connectivity index (χ0) is 29.5. The lowest BCUT2D eigenvalue weighted by Crippen LogP contribution is -2.32. The minimum atomic E-state index is -1.22. The van der Waals surface area contributed by atoms with Gasteiger partial charge in [-0.05, 0) is 69.5 Å². The molecule has 10 heteroatoms. The molecule has 0 spiro atoms. The number of halogens is 1. The summed E-state index contributed by atoms with van der Waals surface area (Å²) < 4.78 is 19.2. The van der Waals surface area contributed by atoms with E-state index in [9.17, 15) is 9.90 Å². The minimum absolute atomic E-state index is 0.398.